The van der Waals surface area contributed by atoms with Gasteiger partial charge >= 0.3 is 0 Å². The predicted molar refractivity (Wildman–Crippen MR) is 89.1 cm³/mol. The van der Waals surface area contributed by atoms with Gasteiger partial charge in [-0.3, -0.25) is 4.79 Å². The Bertz CT molecular complexity index is 632. The largest absolute Gasteiger partial charge is 0.344 e. The lowest BCUT2D eigenvalue weighted by molar-refractivity contribution is 0.0898. The molecule has 1 aromatic carbocycles. The Morgan fingerprint density at radius 3 is 2.68 bits per heavy atom. The molecule has 0 unspecified atom stereocenters. The third-order valence-electron chi connectivity index (χ3n) is 4.31. The molecule has 1 fully saturated rings. The van der Waals surface area contributed by atoms with Crippen molar-refractivity contribution in [1.82, 2.24) is 10.3 Å². The van der Waals surface area contributed by atoms with Gasteiger partial charge in [0.25, 0.3) is 5.91 Å². The van der Waals surface area contributed by atoms with Gasteiger partial charge in [0, 0.05) is 18.3 Å². The standard InChI is InChI=1S/C17H21N3OS/c18-12-17(8-4-5-9-17)20-16(21)14-11-22-15(19-14)10-13-6-2-1-3-7-13/h1-3,6-7,11H,4-5,8-10,12,18H2,(H,20,21). The molecule has 1 heterocycles. The minimum absolute atomic E-state index is 0.0945. The van der Waals surface area contributed by atoms with Crippen molar-refractivity contribution in [3.05, 3.63) is 52.0 Å². The summed E-state index contributed by atoms with van der Waals surface area (Å²) >= 11 is 1.53. The summed E-state index contributed by atoms with van der Waals surface area (Å²) in [5.41, 5.74) is 7.36. The Morgan fingerprint density at radius 2 is 2.00 bits per heavy atom. The molecule has 0 radical (unpaired) electrons. The average Bonchev–Trinajstić information content (AvgIpc) is 3.18. The molecular weight excluding hydrogens is 294 g/mol. The predicted octanol–water partition coefficient (Wildman–Crippen LogP) is 2.74. The van der Waals surface area contributed by atoms with E-state index in [-0.39, 0.29) is 11.4 Å². The third kappa shape index (κ3) is 3.36. The number of nitrogens with one attached hydrogen (secondary N) is 1. The summed E-state index contributed by atoms with van der Waals surface area (Å²) < 4.78 is 0. The van der Waals surface area contributed by atoms with Gasteiger partial charge in [-0.05, 0) is 18.4 Å². The summed E-state index contributed by atoms with van der Waals surface area (Å²) in [6.07, 6.45) is 4.97. The van der Waals surface area contributed by atoms with Crippen LogP contribution in [0.5, 0.6) is 0 Å². The summed E-state index contributed by atoms with van der Waals surface area (Å²) in [6.45, 7) is 0.500. The van der Waals surface area contributed by atoms with E-state index in [4.69, 9.17) is 5.73 Å². The number of thiazole rings is 1. The van der Waals surface area contributed by atoms with Crippen molar-refractivity contribution in [1.29, 1.82) is 0 Å². The molecular formula is C17H21N3OS. The molecule has 116 valence electrons. The number of carbonyl (C=O) groups is 1. The molecule has 3 N–H and O–H groups in total. The SMILES string of the molecule is NCC1(NC(=O)c2csc(Cc3ccccc3)n2)CCCC1. The smallest absolute Gasteiger partial charge is 0.271 e. The molecule has 0 aliphatic heterocycles. The second-order valence-electron chi connectivity index (χ2n) is 5.93. The Labute approximate surface area is 134 Å². The van der Waals surface area contributed by atoms with E-state index in [1.54, 1.807) is 0 Å². The molecule has 0 saturated heterocycles. The first-order valence-electron chi connectivity index (χ1n) is 7.72. The maximum Gasteiger partial charge on any atom is 0.271 e. The van der Waals surface area contributed by atoms with Crippen molar-refractivity contribution in [2.24, 2.45) is 5.73 Å². The normalized spacial score (nSPS) is 16.6. The summed E-state index contributed by atoms with van der Waals surface area (Å²) in [4.78, 5) is 16.9. The fourth-order valence-corrected chi connectivity index (χ4v) is 3.81. The highest BCUT2D eigenvalue weighted by molar-refractivity contribution is 7.09. The molecule has 1 saturated carbocycles. The van der Waals surface area contributed by atoms with E-state index in [1.165, 1.54) is 16.9 Å². The molecule has 2 aromatic rings. The van der Waals surface area contributed by atoms with Crippen LogP contribution in [-0.2, 0) is 6.42 Å². The molecule has 1 aliphatic carbocycles. The number of nitrogens with zero attached hydrogens (tertiary/aromatic N) is 1. The topological polar surface area (TPSA) is 68.0 Å². The highest BCUT2D eigenvalue weighted by Gasteiger charge is 2.34. The second-order valence-corrected chi connectivity index (χ2v) is 6.88. The van der Waals surface area contributed by atoms with Gasteiger partial charge in [0.15, 0.2) is 0 Å². The van der Waals surface area contributed by atoms with Crippen LogP contribution in [0.15, 0.2) is 35.7 Å². The lowest BCUT2D eigenvalue weighted by Crippen LogP contribution is -2.51. The van der Waals surface area contributed by atoms with Gasteiger partial charge in [0.05, 0.1) is 10.5 Å². The summed E-state index contributed by atoms with van der Waals surface area (Å²) in [6, 6.07) is 10.2. The zero-order valence-corrected chi connectivity index (χ0v) is 13.4. The van der Waals surface area contributed by atoms with Crippen molar-refractivity contribution in [2.45, 2.75) is 37.6 Å². The van der Waals surface area contributed by atoms with Crippen LogP contribution in [0.4, 0.5) is 0 Å². The highest BCUT2D eigenvalue weighted by atomic mass is 32.1. The Hall–Kier alpha value is -1.72. The zero-order valence-electron chi connectivity index (χ0n) is 12.5. The molecule has 0 spiro atoms. The maximum atomic E-state index is 12.4. The Kier molecular flexibility index (Phi) is 4.55. The monoisotopic (exact) mass is 315 g/mol. The number of benzene rings is 1. The van der Waals surface area contributed by atoms with Gasteiger partial charge in [-0.15, -0.1) is 11.3 Å². The van der Waals surface area contributed by atoms with E-state index in [2.05, 4.69) is 22.4 Å². The van der Waals surface area contributed by atoms with Crippen molar-refractivity contribution in [3.8, 4) is 0 Å². The summed E-state index contributed by atoms with van der Waals surface area (Å²) in [7, 11) is 0. The van der Waals surface area contributed by atoms with Crippen molar-refractivity contribution < 1.29 is 4.79 Å². The van der Waals surface area contributed by atoms with Crippen LogP contribution in [0, 0.1) is 0 Å². The van der Waals surface area contributed by atoms with Crippen LogP contribution in [0.3, 0.4) is 0 Å². The van der Waals surface area contributed by atoms with Gasteiger partial charge < -0.3 is 11.1 Å². The third-order valence-corrected chi connectivity index (χ3v) is 5.16. The van der Waals surface area contributed by atoms with E-state index in [1.807, 2.05) is 23.6 Å². The van der Waals surface area contributed by atoms with Crippen molar-refractivity contribution >= 4 is 17.2 Å². The van der Waals surface area contributed by atoms with E-state index >= 15 is 0 Å². The van der Waals surface area contributed by atoms with E-state index < -0.39 is 0 Å². The first-order valence-corrected chi connectivity index (χ1v) is 8.60. The van der Waals surface area contributed by atoms with Gasteiger partial charge in [-0.1, -0.05) is 43.2 Å². The van der Waals surface area contributed by atoms with Gasteiger partial charge in [-0.25, -0.2) is 4.98 Å². The van der Waals surface area contributed by atoms with Crippen molar-refractivity contribution in [3.63, 3.8) is 0 Å². The van der Waals surface area contributed by atoms with E-state index in [0.717, 1.165) is 37.1 Å². The number of hydrogen-bond acceptors (Lipinski definition) is 4. The van der Waals surface area contributed by atoms with Crippen LogP contribution in [0.1, 0.15) is 46.7 Å². The Morgan fingerprint density at radius 1 is 1.27 bits per heavy atom. The quantitative estimate of drug-likeness (QED) is 0.891. The van der Waals surface area contributed by atoms with Gasteiger partial charge in [-0.2, -0.15) is 0 Å². The lowest BCUT2D eigenvalue weighted by Gasteiger charge is -2.28. The molecule has 4 nitrogen and oxygen atoms in total. The summed E-state index contributed by atoms with van der Waals surface area (Å²) in [5.74, 6) is -0.0945. The number of hydrogen-bond donors (Lipinski definition) is 2. The molecule has 0 bridgehead atoms. The first-order chi connectivity index (χ1) is 10.7. The number of amides is 1. The van der Waals surface area contributed by atoms with Crippen LogP contribution in [-0.4, -0.2) is 23.0 Å². The number of nitrogens with two attached hydrogens (primary N) is 1. The molecule has 22 heavy (non-hydrogen) atoms. The number of rotatable bonds is 5. The number of carbonyl (C=O) groups excluding carboxylic acids is 1. The minimum Gasteiger partial charge on any atom is -0.344 e. The lowest BCUT2D eigenvalue weighted by atomic mass is 9.98. The average molecular weight is 315 g/mol. The van der Waals surface area contributed by atoms with Gasteiger partial charge in [0.1, 0.15) is 5.69 Å². The molecule has 5 heteroatoms. The van der Waals surface area contributed by atoms with Gasteiger partial charge in [0.2, 0.25) is 0 Å². The first kappa shape index (κ1) is 15.2. The molecule has 1 aliphatic rings. The number of aromatic nitrogens is 1. The van der Waals surface area contributed by atoms with Crippen LogP contribution in [0.2, 0.25) is 0 Å². The molecule has 1 aromatic heterocycles. The second kappa shape index (κ2) is 6.58. The summed E-state index contributed by atoms with van der Waals surface area (Å²) in [5, 5.41) is 5.92. The Balaban J connectivity index is 1.66. The van der Waals surface area contributed by atoms with Crippen LogP contribution >= 0.6 is 11.3 Å². The van der Waals surface area contributed by atoms with E-state index in [9.17, 15) is 4.79 Å². The molecule has 1 amide bonds. The molecule has 3 rings (SSSR count). The van der Waals surface area contributed by atoms with Crippen LogP contribution in [0.25, 0.3) is 0 Å². The molecule has 0 atom stereocenters. The zero-order chi connectivity index (χ0) is 15.4. The van der Waals surface area contributed by atoms with E-state index in [0.29, 0.717) is 12.2 Å². The fraction of sp³-hybridized carbons (Fsp3) is 0.412. The van der Waals surface area contributed by atoms with Crippen LogP contribution < -0.4 is 11.1 Å². The minimum atomic E-state index is -0.222. The maximum absolute atomic E-state index is 12.4. The fourth-order valence-electron chi connectivity index (χ4n) is 3.00. The highest BCUT2D eigenvalue weighted by Crippen LogP contribution is 2.29. The van der Waals surface area contributed by atoms with Crippen molar-refractivity contribution in [2.75, 3.05) is 6.54 Å².